The molecule has 0 spiro atoms. The molecule has 1 fully saturated rings. The third-order valence-corrected chi connectivity index (χ3v) is 3.64. The fourth-order valence-corrected chi connectivity index (χ4v) is 2.57. The van der Waals surface area contributed by atoms with E-state index in [1.165, 1.54) is 38.0 Å². The van der Waals surface area contributed by atoms with Crippen molar-refractivity contribution in [2.24, 2.45) is 5.92 Å². The van der Waals surface area contributed by atoms with Gasteiger partial charge in [-0.25, -0.2) is 0 Å². The molecule has 1 aliphatic rings. The molecule has 1 aromatic heterocycles. The molecule has 2 rings (SSSR count). The highest BCUT2D eigenvalue weighted by Gasteiger charge is 2.17. The van der Waals surface area contributed by atoms with Crippen molar-refractivity contribution in [3.05, 3.63) is 17.0 Å². The van der Waals surface area contributed by atoms with Gasteiger partial charge in [0.15, 0.2) is 0 Å². The highest BCUT2D eigenvalue weighted by Crippen LogP contribution is 2.17. The second kappa shape index (κ2) is 5.65. The molecule has 0 unspecified atom stereocenters. The lowest BCUT2D eigenvalue weighted by molar-refractivity contribution is 0.233. The summed E-state index contributed by atoms with van der Waals surface area (Å²) >= 11 is 0. The zero-order valence-electron chi connectivity index (χ0n) is 11.1. The normalized spacial score (nSPS) is 17.9. The van der Waals surface area contributed by atoms with Gasteiger partial charge < -0.3 is 14.7 Å². The molecule has 96 valence electrons. The quantitative estimate of drug-likeness (QED) is 0.866. The van der Waals surface area contributed by atoms with E-state index in [2.05, 4.69) is 22.4 Å². The van der Waals surface area contributed by atoms with Gasteiger partial charge in [-0.2, -0.15) is 0 Å². The standard InChI is InChI=1S/C13H23N3O/c1-10-13(11(2)17-15-10)9-16(3)8-12-4-6-14-7-5-12/h12,14H,4-9H2,1-3H3. The molecule has 1 aromatic rings. The summed E-state index contributed by atoms with van der Waals surface area (Å²) in [6.45, 7) is 8.47. The molecular weight excluding hydrogens is 214 g/mol. The summed E-state index contributed by atoms with van der Waals surface area (Å²) in [7, 11) is 2.19. The van der Waals surface area contributed by atoms with Gasteiger partial charge in [-0.3, -0.25) is 0 Å². The van der Waals surface area contributed by atoms with Gasteiger partial charge in [-0.15, -0.1) is 0 Å². The first kappa shape index (κ1) is 12.6. The summed E-state index contributed by atoms with van der Waals surface area (Å²) in [6.07, 6.45) is 2.60. The predicted octanol–water partition coefficient (Wildman–Crippen LogP) is 1.72. The summed E-state index contributed by atoms with van der Waals surface area (Å²) < 4.78 is 5.20. The average Bonchev–Trinajstić information content (AvgIpc) is 2.62. The van der Waals surface area contributed by atoms with Crippen LogP contribution in [0.2, 0.25) is 0 Å². The van der Waals surface area contributed by atoms with E-state index in [1.54, 1.807) is 0 Å². The largest absolute Gasteiger partial charge is 0.361 e. The molecule has 4 nitrogen and oxygen atoms in total. The van der Waals surface area contributed by atoms with Crippen LogP contribution in [0.3, 0.4) is 0 Å². The van der Waals surface area contributed by atoms with Crippen LogP contribution in [0.5, 0.6) is 0 Å². The number of nitrogens with one attached hydrogen (secondary N) is 1. The highest BCUT2D eigenvalue weighted by atomic mass is 16.5. The SMILES string of the molecule is Cc1noc(C)c1CN(C)CC1CCNCC1. The van der Waals surface area contributed by atoms with Crippen LogP contribution in [0.4, 0.5) is 0 Å². The van der Waals surface area contributed by atoms with Crippen LogP contribution >= 0.6 is 0 Å². The van der Waals surface area contributed by atoms with Gasteiger partial charge in [-0.1, -0.05) is 5.16 Å². The molecule has 0 atom stereocenters. The second-order valence-electron chi connectivity index (χ2n) is 5.19. The lowest BCUT2D eigenvalue weighted by Crippen LogP contribution is -2.34. The molecule has 0 aromatic carbocycles. The maximum absolute atomic E-state index is 5.20. The van der Waals surface area contributed by atoms with E-state index in [9.17, 15) is 0 Å². The zero-order valence-corrected chi connectivity index (χ0v) is 11.1. The minimum absolute atomic E-state index is 0.835. The van der Waals surface area contributed by atoms with Crippen molar-refractivity contribution in [2.75, 3.05) is 26.7 Å². The molecule has 0 aliphatic carbocycles. The molecular formula is C13H23N3O. The van der Waals surface area contributed by atoms with Gasteiger partial charge in [0.25, 0.3) is 0 Å². The molecule has 2 heterocycles. The van der Waals surface area contributed by atoms with Crippen molar-refractivity contribution < 1.29 is 4.52 Å². The molecule has 0 saturated carbocycles. The number of nitrogens with zero attached hydrogens (tertiary/aromatic N) is 2. The maximum Gasteiger partial charge on any atom is 0.138 e. The Morgan fingerprint density at radius 3 is 2.65 bits per heavy atom. The number of aromatic nitrogens is 1. The molecule has 17 heavy (non-hydrogen) atoms. The summed E-state index contributed by atoms with van der Waals surface area (Å²) in [5.74, 6) is 1.79. The lowest BCUT2D eigenvalue weighted by atomic mass is 9.97. The van der Waals surface area contributed by atoms with Gasteiger partial charge in [0, 0.05) is 18.7 Å². The smallest absolute Gasteiger partial charge is 0.138 e. The Morgan fingerprint density at radius 1 is 1.35 bits per heavy atom. The first-order valence-corrected chi connectivity index (χ1v) is 6.48. The van der Waals surface area contributed by atoms with E-state index in [-0.39, 0.29) is 0 Å². The molecule has 1 saturated heterocycles. The van der Waals surface area contributed by atoms with Gasteiger partial charge in [0.1, 0.15) is 5.76 Å². The molecule has 0 radical (unpaired) electrons. The van der Waals surface area contributed by atoms with Crippen molar-refractivity contribution >= 4 is 0 Å². The van der Waals surface area contributed by atoms with Crippen molar-refractivity contribution in [3.63, 3.8) is 0 Å². The molecule has 4 heteroatoms. The topological polar surface area (TPSA) is 41.3 Å². The van der Waals surface area contributed by atoms with Crippen molar-refractivity contribution in [1.29, 1.82) is 0 Å². The third-order valence-electron chi connectivity index (χ3n) is 3.64. The Hall–Kier alpha value is -0.870. The van der Waals surface area contributed by atoms with Crippen LogP contribution in [-0.2, 0) is 6.54 Å². The number of hydrogen-bond acceptors (Lipinski definition) is 4. The highest BCUT2D eigenvalue weighted by molar-refractivity contribution is 5.20. The fraction of sp³-hybridized carbons (Fsp3) is 0.769. The van der Waals surface area contributed by atoms with E-state index >= 15 is 0 Å². The predicted molar refractivity (Wildman–Crippen MR) is 67.9 cm³/mol. The van der Waals surface area contributed by atoms with Crippen LogP contribution in [0.15, 0.2) is 4.52 Å². The number of aryl methyl sites for hydroxylation is 2. The lowest BCUT2D eigenvalue weighted by Gasteiger charge is -2.27. The number of rotatable bonds is 4. The zero-order chi connectivity index (χ0) is 12.3. The van der Waals surface area contributed by atoms with Gasteiger partial charge >= 0.3 is 0 Å². The van der Waals surface area contributed by atoms with Gasteiger partial charge in [0.05, 0.1) is 5.69 Å². The molecule has 1 aliphatic heterocycles. The first-order valence-electron chi connectivity index (χ1n) is 6.48. The second-order valence-corrected chi connectivity index (χ2v) is 5.19. The van der Waals surface area contributed by atoms with Crippen LogP contribution < -0.4 is 5.32 Å². The van der Waals surface area contributed by atoms with E-state index in [0.717, 1.165) is 23.9 Å². The number of hydrogen-bond donors (Lipinski definition) is 1. The fourth-order valence-electron chi connectivity index (χ4n) is 2.57. The molecule has 0 amide bonds. The van der Waals surface area contributed by atoms with E-state index in [4.69, 9.17) is 4.52 Å². The van der Waals surface area contributed by atoms with Crippen molar-refractivity contribution in [3.8, 4) is 0 Å². The Morgan fingerprint density at radius 2 is 2.06 bits per heavy atom. The van der Waals surface area contributed by atoms with E-state index in [1.807, 2.05) is 13.8 Å². The van der Waals surface area contributed by atoms with Gasteiger partial charge in [-0.05, 0) is 52.7 Å². The summed E-state index contributed by atoms with van der Waals surface area (Å²) in [6, 6.07) is 0. The average molecular weight is 237 g/mol. The Balaban J connectivity index is 1.86. The molecule has 0 bridgehead atoms. The van der Waals surface area contributed by atoms with E-state index < -0.39 is 0 Å². The number of piperidine rings is 1. The minimum atomic E-state index is 0.835. The van der Waals surface area contributed by atoms with Crippen LogP contribution in [-0.4, -0.2) is 36.7 Å². The molecule has 1 N–H and O–H groups in total. The van der Waals surface area contributed by atoms with Crippen LogP contribution in [0.1, 0.15) is 29.9 Å². The minimum Gasteiger partial charge on any atom is -0.361 e. The monoisotopic (exact) mass is 237 g/mol. The Kier molecular flexibility index (Phi) is 4.18. The van der Waals surface area contributed by atoms with E-state index in [0.29, 0.717) is 0 Å². The summed E-state index contributed by atoms with van der Waals surface area (Å²) in [5, 5.41) is 7.41. The maximum atomic E-state index is 5.20. The summed E-state index contributed by atoms with van der Waals surface area (Å²) in [4.78, 5) is 2.39. The van der Waals surface area contributed by atoms with Crippen molar-refractivity contribution in [2.45, 2.75) is 33.2 Å². The van der Waals surface area contributed by atoms with Gasteiger partial charge in [0.2, 0.25) is 0 Å². The third kappa shape index (κ3) is 3.30. The van der Waals surface area contributed by atoms with Crippen LogP contribution in [0.25, 0.3) is 0 Å². The summed E-state index contributed by atoms with van der Waals surface area (Å²) in [5.41, 5.74) is 2.28. The van der Waals surface area contributed by atoms with Crippen molar-refractivity contribution in [1.82, 2.24) is 15.4 Å². The van der Waals surface area contributed by atoms with Crippen LogP contribution in [0, 0.1) is 19.8 Å². The Bertz CT molecular complexity index is 336. The first-order chi connectivity index (χ1) is 8.16. The Labute approximate surface area is 103 Å².